The van der Waals surface area contributed by atoms with Crippen LogP contribution in [0.5, 0.6) is 0 Å². The van der Waals surface area contributed by atoms with Crippen molar-refractivity contribution in [2.24, 2.45) is 11.1 Å². The first-order chi connectivity index (χ1) is 7.65. The Labute approximate surface area is 95.2 Å². The molecule has 4 nitrogen and oxygen atoms in total. The molecule has 0 aliphatic heterocycles. The summed E-state index contributed by atoms with van der Waals surface area (Å²) in [7, 11) is 0. The van der Waals surface area contributed by atoms with Crippen LogP contribution in [0.15, 0.2) is 35.5 Å². The molecule has 0 saturated heterocycles. The molecule has 0 fully saturated rings. The molecule has 0 radical (unpaired) electrons. The van der Waals surface area contributed by atoms with Crippen molar-refractivity contribution in [2.75, 3.05) is 11.4 Å². The van der Waals surface area contributed by atoms with Gasteiger partial charge in [-0.15, -0.1) is 0 Å². The van der Waals surface area contributed by atoms with Crippen LogP contribution in [0.3, 0.4) is 0 Å². The lowest BCUT2D eigenvalue weighted by Gasteiger charge is -2.22. The van der Waals surface area contributed by atoms with Gasteiger partial charge in [0.1, 0.15) is 6.21 Å². The first-order valence-electron chi connectivity index (χ1n) is 5.19. The summed E-state index contributed by atoms with van der Waals surface area (Å²) in [6.45, 7) is 4.65. The summed E-state index contributed by atoms with van der Waals surface area (Å²) in [5.74, 6) is 0.0265. The van der Waals surface area contributed by atoms with Crippen LogP contribution in [0.2, 0.25) is 0 Å². The number of hydrogen-bond acceptors (Lipinski definition) is 3. The highest BCUT2D eigenvalue weighted by Gasteiger charge is 2.14. The lowest BCUT2D eigenvalue weighted by Crippen LogP contribution is -2.34. The highest BCUT2D eigenvalue weighted by molar-refractivity contribution is 6.32. The highest BCUT2D eigenvalue weighted by atomic mass is 16.4. The fourth-order valence-electron chi connectivity index (χ4n) is 1.41. The number of amides is 1. The minimum absolute atomic E-state index is 0.317. The van der Waals surface area contributed by atoms with Gasteiger partial charge in [-0.25, -0.2) is 0 Å². The Kier molecular flexibility index (Phi) is 4.51. The zero-order valence-electron chi connectivity index (χ0n) is 9.50. The summed E-state index contributed by atoms with van der Waals surface area (Å²) in [6.07, 6.45) is 0.912. The minimum atomic E-state index is -0.317. The van der Waals surface area contributed by atoms with Gasteiger partial charge in [0.15, 0.2) is 0 Å². The van der Waals surface area contributed by atoms with Gasteiger partial charge >= 0.3 is 0 Å². The van der Waals surface area contributed by atoms with Gasteiger partial charge < -0.3 is 10.1 Å². The van der Waals surface area contributed by atoms with Gasteiger partial charge in [-0.05, 0) is 18.1 Å². The maximum absolute atomic E-state index is 11.7. The molecule has 0 unspecified atom stereocenters. The first kappa shape index (κ1) is 12.2. The molecule has 86 valence electrons. The smallest absolute Gasteiger partial charge is 0.272 e. The third kappa shape index (κ3) is 3.38. The molecular weight excluding hydrogens is 204 g/mol. The summed E-state index contributed by atoms with van der Waals surface area (Å²) >= 11 is 0. The van der Waals surface area contributed by atoms with Crippen molar-refractivity contribution in [3.05, 3.63) is 30.3 Å². The van der Waals surface area contributed by atoms with Crippen molar-refractivity contribution in [3.63, 3.8) is 0 Å². The predicted octanol–water partition coefficient (Wildman–Crippen LogP) is 2.14. The van der Waals surface area contributed by atoms with Gasteiger partial charge in [-0.1, -0.05) is 37.2 Å². The predicted molar refractivity (Wildman–Crippen MR) is 63.9 cm³/mol. The largest absolute Gasteiger partial charge is 0.411 e. The number of para-hydroxylation sites is 1. The van der Waals surface area contributed by atoms with Crippen molar-refractivity contribution in [1.29, 1.82) is 0 Å². The molecule has 4 heteroatoms. The van der Waals surface area contributed by atoms with Crippen molar-refractivity contribution in [2.45, 2.75) is 13.8 Å². The normalized spacial score (nSPS) is 10.9. The van der Waals surface area contributed by atoms with Crippen LogP contribution >= 0.6 is 0 Å². The molecule has 0 aromatic heterocycles. The topological polar surface area (TPSA) is 52.9 Å². The second-order valence-electron chi connectivity index (χ2n) is 3.92. The summed E-state index contributed by atoms with van der Waals surface area (Å²) in [6, 6.07) is 9.33. The monoisotopic (exact) mass is 220 g/mol. The number of carbonyl (C=O) groups is 1. The Bertz CT molecular complexity index is 361. The number of carbonyl (C=O) groups excluding carboxylic acids is 1. The molecule has 0 aliphatic rings. The third-order valence-corrected chi connectivity index (χ3v) is 2.05. The Morgan fingerprint density at radius 3 is 2.56 bits per heavy atom. The average Bonchev–Trinajstić information content (AvgIpc) is 2.27. The lowest BCUT2D eigenvalue weighted by molar-refractivity contribution is -0.112. The number of nitrogens with zero attached hydrogens (tertiary/aromatic N) is 2. The van der Waals surface area contributed by atoms with E-state index in [0.29, 0.717) is 12.5 Å². The van der Waals surface area contributed by atoms with E-state index < -0.39 is 0 Å². The summed E-state index contributed by atoms with van der Waals surface area (Å²) < 4.78 is 0. The third-order valence-electron chi connectivity index (χ3n) is 2.05. The summed E-state index contributed by atoms with van der Waals surface area (Å²) in [5.41, 5.74) is 0.807. The van der Waals surface area contributed by atoms with Gasteiger partial charge in [0.25, 0.3) is 5.91 Å². The van der Waals surface area contributed by atoms with Crippen molar-refractivity contribution >= 4 is 17.8 Å². The summed E-state index contributed by atoms with van der Waals surface area (Å²) in [5, 5.41) is 11.2. The molecule has 1 amide bonds. The van der Waals surface area contributed by atoms with Gasteiger partial charge in [0.05, 0.1) is 0 Å². The van der Waals surface area contributed by atoms with Crippen LogP contribution in [0.25, 0.3) is 0 Å². The molecule has 0 heterocycles. The van der Waals surface area contributed by atoms with E-state index in [1.54, 1.807) is 4.90 Å². The van der Waals surface area contributed by atoms with E-state index in [1.807, 2.05) is 44.2 Å². The SMILES string of the molecule is CC(C)CN(C(=O)/C=N/O)c1ccccc1. The molecule has 0 aliphatic carbocycles. The lowest BCUT2D eigenvalue weighted by atomic mass is 10.2. The molecule has 0 atom stereocenters. The molecule has 1 rings (SSSR count). The van der Waals surface area contributed by atoms with Crippen molar-refractivity contribution in [1.82, 2.24) is 0 Å². The Balaban J connectivity index is 2.92. The van der Waals surface area contributed by atoms with Crippen molar-refractivity contribution in [3.8, 4) is 0 Å². The maximum atomic E-state index is 11.7. The Hall–Kier alpha value is -1.84. The molecular formula is C12H16N2O2. The molecule has 0 spiro atoms. The Morgan fingerprint density at radius 2 is 2.06 bits per heavy atom. The zero-order chi connectivity index (χ0) is 12.0. The Morgan fingerprint density at radius 1 is 1.44 bits per heavy atom. The standard InChI is InChI=1S/C12H16N2O2/c1-10(2)9-14(12(15)8-13-16)11-6-4-3-5-7-11/h3-8,10,16H,9H2,1-2H3/b13-8+. The van der Waals surface area contributed by atoms with E-state index >= 15 is 0 Å². The first-order valence-corrected chi connectivity index (χ1v) is 5.19. The van der Waals surface area contributed by atoms with E-state index in [-0.39, 0.29) is 5.91 Å². The number of oxime groups is 1. The van der Waals surface area contributed by atoms with Crippen LogP contribution in [0, 0.1) is 5.92 Å². The molecule has 16 heavy (non-hydrogen) atoms. The van der Waals surface area contributed by atoms with E-state index in [9.17, 15) is 4.79 Å². The highest BCUT2D eigenvalue weighted by Crippen LogP contribution is 2.14. The van der Waals surface area contributed by atoms with Gasteiger partial charge in [0.2, 0.25) is 0 Å². The van der Waals surface area contributed by atoms with Crippen LogP contribution < -0.4 is 4.90 Å². The second kappa shape index (κ2) is 5.90. The number of hydrogen-bond donors (Lipinski definition) is 1. The van der Waals surface area contributed by atoms with Gasteiger partial charge in [-0.3, -0.25) is 4.79 Å². The van der Waals surface area contributed by atoms with Crippen LogP contribution in [-0.4, -0.2) is 23.9 Å². The molecule has 1 N–H and O–H groups in total. The van der Waals surface area contributed by atoms with E-state index in [4.69, 9.17) is 5.21 Å². The zero-order valence-corrected chi connectivity index (χ0v) is 9.50. The fraction of sp³-hybridized carbons (Fsp3) is 0.333. The van der Waals surface area contributed by atoms with Crippen LogP contribution in [0.1, 0.15) is 13.8 Å². The molecule has 1 aromatic rings. The van der Waals surface area contributed by atoms with Crippen LogP contribution in [0.4, 0.5) is 5.69 Å². The van der Waals surface area contributed by atoms with E-state index in [0.717, 1.165) is 11.9 Å². The maximum Gasteiger partial charge on any atom is 0.272 e. The minimum Gasteiger partial charge on any atom is -0.411 e. The number of anilines is 1. The van der Waals surface area contributed by atoms with E-state index in [1.165, 1.54) is 0 Å². The molecule has 1 aromatic carbocycles. The number of rotatable bonds is 4. The molecule has 0 saturated carbocycles. The molecule has 0 bridgehead atoms. The average molecular weight is 220 g/mol. The number of benzene rings is 1. The van der Waals surface area contributed by atoms with Gasteiger partial charge in [-0.2, -0.15) is 0 Å². The fourth-order valence-corrected chi connectivity index (χ4v) is 1.41. The second-order valence-corrected chi connectivity index (χ2v) is 3.92. The van der Waals surface area contributed by atoms with Crippen LogP contribution in [-0.2, 0) is 4.79 Å². The van der Waals surface area contributed by atoms with Gasteiger partial charge in [0, 0.05) is 12.2 Å². The quantitative estimate of drug-likeness (QED) is 0.480. The van der Waals surface area contributed by atoms with E-state index in [2.05, 4.69) is 5.16 Å². The summed E-state index contributed by atoms with van der Waals surface area (Å²) in [4.78, 5) is 13.3. The van der Waals surface area contributed by atoms with Crippen molar-refractivity contribution < 1.29 is 10.0 Å².